The number of rotatable bonds is 4. The highest BCUT2D eigenvalue weighted by molar-refractivity contribution is 8.13. The van der Waals surface area contributed by atoms with E-state index in [4.69, 9.17) is 10.7 Å². The number of ketones is 1. The lowest BCUT2D eigenvalue weighted by atomic mass is 10.0. The van der Waals surface area contributed by atoms with E-state index in [9.17, 15) is 23.3 Å². The number of benzene rings is 2. The molecule has 0 aliphatic carbocycles. The number of carbonyl (C=O) groups excluding carboxylic acids is 1. The van der Waals surface area contributed by atoms with Crippen LogP contribution in [0.15, 0.2) is 53.4 Å². The average Bonchev–Trinajstić information content (AvgIpc) is 2.45. The Balaban J connectivity index is 2.56. The Bertz CT molecular complexity index is 818. The molecule has 0 fully saturated rings. The van der Waals surface area contributed by atoms with Gasteiger partial charge in [-0.15, -0.1) is 0 Å². The Labute approximate surface area is 124 Å². The first kappa shape index (κ1) is 15.1. The van der Waals surface area contributed by atoms with Crippen molar-refractivity contribution in [1.29, 1.82) is 0 Å². The van der Waals surface area contributed by atoms with Gasteiger partial charge in [-0.1, -0.05) is 30.3 Å². The minimum absolute atomic E-state index is 0.0111. The van der Waals surface area contributed by atoms with Crippen molar-refractivity contribution in [2.75, 3.05) is 0 Å². The van der Waals surface area contributed by atoms with E-state index in [-0.39, 0.29) is 5.56 Å². The molecule has 108 valence electrons. The fourth-order valence-electron chi connectivity index (χ4n) is 1.76. The molecule has 2 rings (SSSR count). The topological polar surface area (TPSA) is 94.3 Å². The molecule has 0 saturated carbocycles. The molecule has 0 bridgehead atoms. The van der Waals surface area contributed by atoms with Gasteiger partial charge in [-0.25, -0.2) is 8.42 Å². The molecule has 21 heavy (non-hydrogen) atoms. The van der Waals surface area contributed by atoms with E-state index in [1.807, 2.05) is 0 Å². The molecule has 6 nitrogen and oxygen atoms in total. The Morgan fingerprint density at radius 1 is 1.05 bits per heavy atom. The molecule has 0 N–H and O–H groups in total. The van der Waals surface area contributed by atoms with E-state index >= 15 is 0 Å². The highest BCUT2D eigenvalue weighted by Gasteiger charge is 2.25. The van der Waals surface area contributed by atoms with Crippen LogP contribution in [0.4, 0.5) is 5.69 Å². The number of nitro benzene ring substituents is 1. The summed E-state index contributed by atoms with van der Waals surface area (Å²) in [4.78, 5) is 21.6. The second-order valence-electron chi connectivity index (χ2n) is 4.07. The van der Waals surface area contributed by atoms with Crippen molar-refractivity contribution < 1.29 is 18.1 Å². The fourth-order valence-corrected chi connectivity index (χ4v) is 2.77. The molecule has 0 aliphatic rings. The number of carbonyl (C=O) groups is 1. The Morgan fingerprint density at radius 2 is 1.67 bits per heavy atom. The maximum Gasteiger partial charge on any atom is 0.290 e. The molecule has 0 heterocycles. The predicted octanol–water partition coefficient (Wildman–Crippen LogP) is 2.75. The van der Waals surface area contributed by atoms with Crippen LogP contribution >= 0.6 is 10.7 Å². The second kappa shape index (κ2) is 5.63. The van der Waals surface area contributed by atoms with Gasteiger partial charge in [-0.3, -0.25) is 14.9 Å². The Kier molecular flexibility index (Phi) is 4.06. The fraction of sp³-hybridized carbons (Fsp3) is 0. The molecule has 0 atom stereocenters. The van der Waals surface area contributed by atoms with Crippen molar-refractivity contribution in [3.8, 4) is 0 Å². The lowest BCUT2D eigenvalue weighted by molar-refractivity contribution is -0.387. The van der Waals surface area contributed by atoms with E-state index in [0.29, 0.717) is 5.56 Å². The minimum Gasteiger partial charge on any atom is -0.289 e. The van der Waals surface area contributed by atoms with Crippen molar-refractivity contribution in [2.24, 2.45) is 0 Å². The number of nitro groups is 1. The summed E-state index contributed by atoms with van der Waals surface area (Å²) in [5.41, 5.74) is -0.378. The van der Waals surface area contributed by atoms with Crippen molar-refractivity contribution in [3.05, 3.63) is 69.8 Å². The van der Waals surface area contributed by atoms with Crippen LogP contribution in [0, 0.1) is 10.1 Å². The second-order valence-corrected chi connectivity index (χ2v) is 6.61. The first-order valence-corrected chi connectivity index (χ1v) is 7.94. The maximum absolute atomic E-state index is 12.2. The first-order chi connectivity index (χ1) is 9.80. The van der Waals surface area contributed by atoms with Gasteiger partial charge in [0.05, 0.1) is 4.92 Å². The average molecular weight is 326 g/mol. The van der Waals surface area contributed by atoms with Crippen LogP contribution in [0.3, 0.4) is 0 Å². The smallest absolute Gasteiger partial charge is 0.289 e. The zero-order chi connectivity index (χ0) is 15.6. The minimum atomic E-state index is -4.27. The van der Waals surface area contributed by atoms with Gasteiger partial charge in [0.15, 0.2) is 10.7 Å². The van der Waals surface area contributed by atoms with Crippen molar-refractivity contribution in [1.82, 2.24) is 0 Å². The van der Waals surface area contributed by atoms with Gasteiger partial charge in [0, 0.05) is 27.9 Å². The van der Waals surface area contributed by atoms with Gasteiger partial charge >= 0.3 is 0 Å². The summed E-state index contributed by atoms with van der Waals surface area (Å²) in [5, 5.41) is 11.0. The van der Waals surface area contributed by atoms with Gasteiger partial charge in [0.2, 0.25) is 0 Å². The van der Waals surface area contributed by atoms with Crippen LogP contribution in [0.2, 0.25) is 0 Å². The molecule has 0 amide bonds. The normalized spacial score (nSPS) is 11.1. The van der Waals surface area contributed by atoms with Crippen molar-refractivity contribution in [3.63, 3.8) is 0 Å². The molecule has 0 radical (unpaired) electrons. The largest absolute Gasteiger partial charge is 0.290 e. The van der Waals surface area contributed by atoms with Crippen LogP contribution in [-0.2, 0) is 9.05 Å². The molecular formula is C13H8ClNO5S. The summed E-state index contributed by atoms with van der Waals surface area (Å²) >= 11 is 0. The summed E-state index contributed by atoms with van der Waals surface area (Å²) < 4.78 is 22.6. The number of halogens is 1. The van der Waals surface area contributed by atoms with Gasteiger partial charge in [0.25, 0.3) is 14.7 Å². The third kappa shape index (κ3) is 3.26. The highest BCUT2D eigenvalue weighted by Crippen LogP contribution is 2.28. The molecule has 0 aliphatic heterocycles. The SMILES string of the molecule is O=C(c1ccccc1)c1ccc(S(=O)(=O)Cl)c([N+](=O)[O-])c1. The Morgan fingerprint density at radius 3 is 2.19 bits per heavy atom. The van der Waals surface area contributed by atoms with Crippen LogP contribution in [0.25, 0.3) is 0 Å². The van der Waals surface area contributed by atoms with E-state index < -0.39 is 30.3 Å². The van der Waals surface area contributed by atoms with E-state index in [1.54, 1.807) is 30.3 Å². The van der Waals surface area contributed by atoms with E-state index in [1.165, 1.54) is 6.07 Å². The van der Waals surface area contributed by atoms with E-state index in [0.717, 1.165) is 12.1 Å². The molecule has 2 aromatic rings. The molecule has 2 aromatic carbocycles. The molecular weight excluding hydrogens is 318 g/mol. The third-order valence-corrected chi connectivity index (χ3v) is 4.09. The third-order valence-electron chi connectivity index (χ3n) is 2.72. The maximum atomic E-state index is 12.2. The summed E-state index contributed by atoms with van der Waals surface area (Å²) in [5.74, 6) is -0.447. The summed E-state index contributed by atoms with van der Waals surface area (Å²) in [6.07, 6.45) is 0. The molecule has 0 saturated heterocycles. The zero-order valence-corrected chi connectivity index (χ0v) is 12.0. The Hall–Kier alpha value is -2.25. The predicted molar refractivity (Wildman–Crippen MR) is 76.0 cm³/mol. The molecule has 0 unspecified atom stereocenters. The van der Waals surface area contributed by atoms with E-state index in [2.05, 4.69) is 0 Å². The van der Waals surface area contributed by atoms with Crippen LogP contribution in [0.1, 0.15) is 15.9 Å². The zero-order valence-electron chi connectivity index (χ0n) is 10.4. The lowest BCUT2D eigenvalue weighted by Crippen LogP contribution is -2.05. The van der Waals surface area contributed by atoms with Crippen LogP contribution < -0.4 is 0 Å². The molecule has 0 aromatic heterocycles. The molecule has 8 heteroatoms. The lowest BCUT2D eigenvalue weighted by Gasteiger charge is -2.03. The first-order valence-electron chi connectivity index (χ1n) is 5.63. The van der Waals surface area contributed by atoms with Gasteiger partial charge in [-0.2, -0.15) is 0 Å². The molecule has 0 spiro atoms. The van der Waals surface area contributed by atoms with Gasteiger partial charge < -0.3 is 0 Å². The number of hydrogen-bond acceptors (Lipinski definition) is 5. The summed E-state index contributed by atoms with van der Waals surface area (Å²) in [6.45, 7) is 0. The van der Waals surface area contributed by atoms with Crippen LogP contribution in [0.5, 0.6) is 0 Å². The quantitative estimate of drug-likeness (QED) is 0.373. The summed E-state index contributed by atoms with van der Waals surface area (Å²) in [6, 6.07) is 11.2. The summed E-state index contributed by atoms with van der Waals surface area (Å²) in [7, 11) is 0.873. The van der Waals surface area contributed by atoms with Gasteiger partial charge in [-0.05, 0) is 12.1 Å². The van der Waals surface area contributed by atoms with Gasteiger partial charge in [0.1, 0.15) is 0 Å². The highest BCUT2D eigenvalue weighted by atomic mass is 35.7. The van der Waals surface area contributed by atoms with Crippen molar-refractivity contribution >= 4 is 31.2 Å². The number of nitrogens with zero attached hydrogens (tertiary/aromatic N) is 1. The van der Waals surface area contributed by atoms with Crippen LogP contribution in [-0.4, -0.2) is 19.1 Å². The monoisotopic (exact) mass is 325 g/mol. The standard InChI is InChI=1S/C13H8ClNO5S/c14-21(19,20)12-7-6-10(8-11(12)15(17)18)13(16)9-4-2-1-3-5-9/h1-8H. The number of hydrogen-bond donors (Lipinski definition) is 0. The van der Waals surface area contributed by atoms with Crippen molar-refractivity contribution in [2.45, 2.75) is 4.90 Å².